The fourth-order valence-corrected chi connectivity index (χ4v) is 5.21. The number of ether oxygens (including phenoxy) is 2. The fourth-order valence-electron chi connectivity index (χ4n) is 2.74. The molecule has 4 rings (SSSR count). The highest BCUT2D eigenvalue weighted by Crippen LogP contribution is 2.33. The first-order valence-corrected chi connectivity index (χ1v) is 10.4. The maximum atomic E-state index is 11.5. The molecule has 0 aliphatic carbocycles. The lowest BCUT2D eigenvalue weighted by Crippen LogP contribution is -2.31. The maximum Gasteiger partial charge on any atom is 0.276 e. The van der Waals surface area contributed by atoms with Crippen molar-refractivity contribution in [1.82, 2.24) is 10.2 Å². The molecule has 2 aliphatic heterocycles. The minimum absolute atomic E-state index is 0.0929. The lowest BCUT2D eigenvalue weighted by Gasteiger charge is -2.25. The molecule has 1 aromatic carbocycles. The summed E-state index contributed by atoms with van der Waals surface area (Å²) in [5.74, 6) is 2.60. The molecule has 3 heterocycles. The number of fused-ring (bicyclic) bond motifs is 1. The number of benzene rings is 1. The predicted molar refractivity (Wildman–Crippen MR) is 87.4 cm³/mol. The van der Waals surface area contributed by atoms with Gasteiger partial charge in [-0.05, 0) is 18.6 Å². The second-order valence-corrected chi connectivity index (χ2v) is 9.01. The molecule has 1 aromatic heterocycles. The number of para-hydroxylation sites is 2. The normalized spacial score (nSPS) is 24.8. The molecule has 7 nitrogen and oxygen atoms in total. The largest absolute Gasteiger partial charge is 0.486 e. The molecular weight excluding hydrogens is 352 g/mol. The molecule has 0 N–H and O–H groups in total. The molecule has 1 saturated heterocycles. The summed E-state index contributed by atoms with van der Waals surface area (Å²) >= 11 is 1.39. The first-order chi connectivity index (χ1) is 11.6. The van der Waals surface area contributed by atoms with E-state index in [1.54, 1.807) is 0 Å². The van der Waals surface area contributed by atoms with Crippen molar-refractivity contribution in [3.63, 3.8) is 0 Å². The van der Waals surface area contributed by atoms with Gasteiger partial charge in [-0.1, -0.05) is 23.9 Å². The Morgan fingerprint density at radius 3 is 2.83 bits per heavy atom. The number of thioether (sulfide) groups is 1. The van der Waals surface area contributed by atoms with E-state index in [9.17, 15) is 8.42 Å². The molecule has 0 unspecified atom stereocenters. The number of aromatic nitrogens is 2. The molecule has 0 radical (unpaired) electrons. The maximum absolute atomic E-state index is 11.5. The van der Waals surface area contributed by atoms with Gasteiger partial charge in [0.1, 0.15) is 12.7 Å². The molecule has 0 saturated carbocycles. The summed E-state index contributed by atoms with van der Waals surface area (Å²) in [4.78, 5) is 0. The Morgan fingerprint density at radius 2 is 2.04 bits per heavy atom. The fraction of sp³-hybridized carbons (Fsp3) is 0.467. The Morgan fingerprint density at radius 1 is 1.21 bits per heavy atom. The van der Waals surface area contributed by atoms with Gasteiger partial charge in [0.05, 0.1) is 17.4 Å². The number of hydrogen-bond acceptors (Lipinski definition) is 8. The van der Waals surface area contributed by atoms with Crippen molar-refractivity contribution in [3.05, 3.63) is 30.2 Å². The van der Waals surface area contributed by atoms with E-state index in [0.29, 0.717) is 29.9 Å². The first-order valence-electron chi connectivity index (χ1n) is 7.64. The van der Waals surface area contributed by atoms with Gasteiger partial charge in [0, 0.05) is 5.75 Å². The van der Waals surface area contributed by atoms with Crippen LogP contribution in [0.25, 0.3) is 0 Å². The van der Waals surface area contributed by atoms with Crippen LogP contribution < -0.4 is 9.47 Å². The minimum Gasteiger partial charge on any atom is -0.486 e. The Balaban J connectivity index is 1.34. The SMILES string of the molecule is O=S1(=O)CC[C@H](c2nnc(SC[C@@H]3COc4ccccc4O3)o2)C1. The minimum atomic E-state index is -2.96. The quantitative estimate of drug-likeness (QED) is 0.756. The Kier molecular flexibility index (Phi) is 4.13. The lowest BCUT2D eigenvalue weighted by atomic mass is 10.1. The van der Waals surface area contributed by atoms with E-state index in [0.717, 1.165) is 11.5 Å². The molecule has 2 aliphatic rings. The van der Waals surface area contributed by atoms with Gasteiger partial charge in [0.15, 0.2) is 21.3 Å². The topological polar surface area (TPSA) is 91.5 Å². The van der Waals surface area contributed by atoms with Crippen LogP contribution >= 0.6 is 11.8 Å². The number of nitrogens with zero attached hydrogens (tertiary/aromatic N) is 2. The van der Waals surface area contributed by atoms with Crippen molar-refractivity contribution in [2.24, 2.45) is 0 Å². The average Bonchev–Trinajstić information content (AvgIpc) is 3.19. The number of hydrogen-bond donors (Lipinski definition) is 0. The summed E-state index contributed by atoms with van der Waals surface area (Å²) in [5, 5.41) is 8.41. The van der Waals surface area contributed by atoms with E-state index < -0.39 is 9.84 Å². The van der Waals surface area contributed by atoms with Gasteiger partial charge in [0.2, 0.25) is 5.89 Å². The Labute approximate surface area is 143 Å². The lowest BCUT2D eigenvalue weighted by molar-refractivity contribution is 0.107. The van der Waals surface area contributed by atoms with Crippen molar-refractivity contribution >= 4 is 21.6 Å². The summed E-state index contributed by atoms with van der Waals surface area (Å²) in [6.45, 7) is 0.464. The molecule has 2 aromatic rings. The van der Waals surface area contributed by atoms with E-state index in [4.69, 9.17) is 13.9 Å². The zero-order valence-corrected chi connectivity index (χ0v) is 14.4. The second-order valence-electron chi connectivity index (χ2n) is 5.81. The third-order valence-corrected chi connectivity index (χ3v) is 6.68. The molecule has 0 spiro atoms. The van der Waals surface area contributed by atoms with Crippen molar-refractivity contribution < 1.29 is 22.3 Å². The van der Waals surface area contributed by atoms with E-state index >= 15 is 0 Å². The average molecular weight is 368 g/mol. The molecule has 9 heteroatoms. The smallest absolute Gasteiger partial charge is 0.276 e. The highest BCUT2D eigenvalue weighted by Gasteiger charge is 2.33. The number of rotatable bonds is 4. The van der Waals surface area contributed by atoms with E-state index in [1.807, 2.05) is 24.3 Å². The Hall–Kier alpha value is -1.74. The van der Waals surface area contributed by atoms with Crippen LogP contribution in [0.1, 0.15) is 18.2 Å². The predicted octanol–water partition coefficient (Wildman–Crippen LogP) is 1.90. The van der Waals surface area contributed by atoms with Gasteiger partial charge in [-0.3, -0.25) is 0 Å². The van der Waals surface area contributed by atoms with Crippen LogP contribution in [0.5, 0.6) is 11.5 Å². The second kappa shape index (κ2) is 6.29. The molecule has 128 valence electrons. The highest BCUT2D eigenvalue weighted by molar-refractivity contribution is 7.99. The third-order valence-electron chi connectivity index (χ3n) is 3.96. The summed E-state index contributed by atoms with van der Waals surface area (Å²) < 4.78 is 40.2. The van der Waals surface area contributed by atoms with Crippen LogP contribution in [-0.4, -0.2) is 48.6 Å². The van der Waals surface area contributed by atoms with Crippen LogP contribution in [0.2, 0.25) is 0 Å². The molecule has 0 bridgehead atoms. The van der Waals surface area contributed by atoms with Gasteiger partial charge < -0.3 is 13.9 Å². The van der Waals surface area contributed by atoms with Gasteiger partial charge in [-0.2, -0.15) is 0 Å². The number of sulfone groups is 1. The van der Waals surface area contributed by atoms with Crippen molar-refractivity contribution in [1.29, 1.82) is 0 Å². The van der Waals surface area contributed by atoms with Gasteiger partial charge in [0.25, 0.3) is 5.22 Å². The van der Waals surface area contributed by atoms with Crippen molar-refractivity contribution in [2.75, 3.05) is 23.9 Å². The van der Waals surface area contributed by atoms with Crippen molar-refractivity contribution in [3.8, 4) is 11.5 Å². The van der Waals surface area contributed by atoms with Gasteiger partial charge in [-0.25, -0.2) is 8.42 Å². The zero-order chi connectivity index (χ0) is 16.6. The highest BCUT2D eigenvalue weighted by atomic mass is 32.2. The summed E-state index contributed by atoms with van der Waals surface area (Å²) in [7, 11) is -2.96. The molecule has 0 amide bonds. The van der Waals surface area contributed by atoms with Crippen LogP contribution in [-0.2, 0) is 9.84 Å². The van der Waals surface area contributed by atoms with E-state index in [-0.39, 0.29) is 23.5 Å². The van der Waals surface area contributed by atoms with E-state index in [1.165, 1.54) is 11.8 Å². The van der Waals surface area contributed by atoms with Gasteiger partial charge >= 0.3 is 0 Å². The molecule has 1 fully saturated rings. The molecular formula is C15H16N2O5S2. The summed E-state index contributed by atoms with van der Waals surface area (Å²) in [6.07, 6.45) is 0.442. The standard InChI is InChI=1S/C15H16N2O5S2/c18-24(19)6-5-10(9-24)14-16-17-15(22-14)23-8-11-7-20-12-3-1-2-4-13(12)21-11/h1-4,10-11H,5-9H2/t10-,11-/m0/s1. The van der Waals surface area contributed by atoms with Crippen LogP contribution in [0, 0.1) is 0 Å². The third kappa shape index (κ3) is 3.36. The van der Waals surface area contributed by atoms with E-state index in [2.05, 4.69) is 10.2 Å². The molecule has 24 heavy (non-hydrogen) atoms. The van der Waals surface area contributed by atoms with Crippen LogP contribution in [0.15, 0.2) is 33.9 Å². The van der Waals surface area contributed by atoms with Crippen LogP contribution in [0.4, 0.5) is 0 Å². The monoisotopic (exact) mass is 368 g/mol. The first kappa shape index (κ1) is 15.8. The van der Waals surface area contributed by atoms with Crippen LogP contribution in [0.3, 0.4) is 0 Å². The molecule has 2 atom stereocenters. The summed E-state index contributed by atoms with van der Waals surface area (Å²) in [6, 6.07) is 7.55. The van der Waals surface area contributed by atoms with Gasteiger partial charge in [-0.15, -0.1) is 10.2 Å². The summed E-state index contributed by atoms with van der Waals surface area (Å²) in [5.41, 5.74) is 0. The Bertz CT molecular complexity index is 836. The zero-order valence-electron chi connectivity index (χ0n) is 12.8. The van der Waals surface area contributed by atoms with Crippen molar-refractivity contribution in [2.45, 2.75) is 23.7 Å².